The molecule has 0 fully saturated rings. The number of hydrogen-bond donors (Lipinski definition) is 2. The van der Waals surface area contributed by atoms with Crippen molar-refractivity contribution in [2.24, 2.45) is 0 Å². The van der Waals surface area contributed by atoms with Gasteiger partial charge in [0.15, 0.2) is 6.61 Å². The van der Waals surface area contributed by atoms with Gasteiger partial charge < -0.3 is 25.2 Å². The summed E-state index contributed by atoms with van der Waals surface area (Å²) in [5, 5.41) is 6.12. The summed E-state index contributed by atoms with van der Waals surface area (Å²) in [6.45, 7) is 1.62. The highest BCUT2D eigenvalue weighted by atomic mass is 35.5. The number of carbonyl (C=O) groups excluding carboxylic acids is 3. The van der Waals surface area contributed by atoms with Crippen LogP contribution in [0.15, 0.2) is 42.5 Å². The Morgan fingerprint density at radius 3 is 2.39 bits per heavy atom. The molecule has 8 nitrogen and oxygen atoms in total. The number of carbonyl (C=O) groups is 3. The molecule has 0 spiro atoms. The van der Waals surface area contributed by atoms with Gasteiger partial charge in [0.2, 0.25) is 11.8 Å². The molecule has 0 saturated heterocycles. The monoisotopic (exact) mass is 446 g/mol. The summed E-state index contributed by atoms with van der Waals surface area (Å²) in [6.07, 6.45) is 0. The molecule has 2 aromatic carbocycles. The minimum absolute atomic E-state index is 0.0447. The fourth-order valence-electron chi connectivity index (χ4n) is 2.53. The average molecular weight is 447 g/mol. The van der Waals surface area contributed by atoms with Crippen molar-refractivity contribution < 1.29 is 19.1 Å². The van der Waals surface area contributed by atoms with E-state index >= 15 is 0 Å². The van der Waals surface area contributed by atoms with Gasteiger partial charge in [0.05, 0.1) is 29.5 Å². The first kappa shape index (κ1) is 24.0. The molecule has 0 saturated carbocycles. The van der Waals surface area contributed by atoms with Gasteiger partial charge in [-0.1, -0.05) is 29.8 Å². The number of nitrogens with one attached hydrogen (secondary N) is 2. The maximum atomic E-state index is 12.5. The Bertz CT molecular complexity index is 949. The number of likely N-dealkylation sites (N-methyl/N-ethyl adjacent to an activating group) is 2. The van der Waals surface area contributed by atoms with E-state index in [1.807, 2.05) is 13.0 Å². The first-order valence-electron chi connectivity index (χ1n) is 9.63. The van der Waals surface area contributed by atoms with E-state index in [9.17, 15) is 14.4 Å². The predicted molar refractivity (Wildman–Crippen MR) is 122 cm³/mol. The standard InChI is InChI=1S/C22H27ClN4O4/c1-15-9-10-18(19(11-15)31-14-22(30)26(2)3)24-12-21(29)27(4)13-20(28)25-17-8-6-5-7-16(17)23/h5-11,24H,12-14H2,1-4H3,(H,25,28). The topological polar surface area (TPSA) is 91.0 Å². The lowest BCUT2D eigenvalue weighted by Gasteiger charge is -2.19. The molecule has 3 amide bonds. The largest absolute Gasteiger partial charge is 0.482 e. The highest BCUT2D eigenvalue weighted by molar-refractivity contribution is 6.33. The molecule has 0 aliphatic rings. The number of halogens is 1. The van der Waals surface area contributed by atoms with Crippen LogP contribution < -0.4 is 15.4 Å². The van der Waals surface area contributed by atoms with Crippen molar-refractivity contribution in [1.82, 2.24) is 9.80 Å². The molecule has 0 aliphatic carbocycles. The second kappa shape index (κ2) is 11.2. The smallest absolute Gasteiger partial charge is 0.259 e. The normalized spacial score (nSPS) is 10.2. The summed E-state index contributed by atoms with van der Waals surface area (Å²) in [6, 6.07) is 12.3. The molecule has 0 atom stereocenters. The van der Waals surface area contributed by atoms with E-state index in [4.69, 9.17) is 16.3 Å². The first-order valence-corrected chi connectivity index (χ1v) is 10.0. The van der Waals surface area contributed by atoms with Crippen LogP contribution in [0.3, 0.4) is 0 Å². The third-order valence-electron chi connectivity index (χ3n) is 4.37. The van der Waals surface area contributed by atoms with Crippen LogP contribution in [0.1, 0.15) is 5.56 Å². The van der Waals surface area contributed by atoms with E-state index in [0.29, 0.717) is 22.1 Å². The Morgan fingerprint density at radius 2 is 1.71 bits per heavy atom. The van der Waals surface area contributed by atoms with Crippen LogP contribution in [0.5, 0.6) is 5.75 Å². The molecule has 166 valence electrons. The van der Waals surface area contributed by atoms with E-state index in [2.05, 4.69) is 10.6 Å². The van der Waals surface area contributed by atoms with Crippen LogP contribution >= 0.6 is 11.6 Å². The van der Waals surface area contributed by atoms with Gasteiger partial charge in [-0.2, -0.15) is 0 Å². The number of aryl methyl sites for hydroxylation is 1. The summed E-state index contributed by atoms with van der Waals surface area (Å²) in [5.74, 6) is -0.342. The van der Waals surface area contributed by atoms with Gasteiger partial charge in [-0.3, -0.25) is 14.4 Å². The maximum Gasteiger partial charge on any atom is 0.259 e. The molecule has 31 heavy (non-hydrogen) atoms. The summed E-state index contributed by atoms with van der Waals surface area (Å²) in [4.78, 5) is 39.2. The van der Waals surface area contributed by atoms with Crippen molar-refractivity contribution in [2.45, 2.75) is 6.92 Å². The molecule has 0 aliphatic heterocycles. The van der Waals surface area contributed by atoms with E-state index in [-0.39, 0.29) is 37.4 Å². The molecule has 0 radical (unpaired) electrons. The number of hydrogen-bond acceptors (Lipinski definition) is 5. The van der Waals surface area contributed by atoms with Crippen LogP contribution in [0.25, 0.3) is 0 Å². The predicted octanol–water partition coefficient (Wildman–Crippen LogP) is 2.62. The Morgan fingerprint density at radius 1 is 1.00 bits per heavy atom. The molecule has 9 heteroatoms. The van der Waals surface area contributed by atoms with Crippen LogP contribution in [0, 0.1) is 6.92 Å². The van der Waals surface area contributed by atoms with E-state index < -0.39 is 0 Å². The lowest BCUT2D eigenvalue weighted by Crippen LogP contribution is -2.38. The highest BCUT2D eigenvalue weighted by Gasteiger charge is 2.15. The fourth-order valence-corrected chi connectivity index (χ4v) is 2.71. The number of anilines is 2. The van der Waals surface area contributed by atoms with Gasteiger partial charge in [0.1, 0.15) is 5.75 Å². The van der Waals surface area contributed by atoms with Gasteiger partial charge in [0, 0.05) is 21.1 Å². The maximum absolute atomic E-state index is 12.5. The molecule has 0 aromatic heterocycles. The van der Waals surface area contributed by atoms with Crippen LogP contribution in [-0.4, -0.2) is 68.4 Å². The zero-order valence-electron chi connectivity index (χ0n) is 18.1. The van der Waals surface area contributed by atoms with Gasteiger partial charge in [-0.25, -0.2) is 0 Å². The van der Waals surface area contributed by atoms with Crippen molar-refractivity contribution in [3.05, 3.63) is 53.1 Å². The molecule has 0 heterocycles. The van der Waals surface area contributed by atoms with Crippen LogP contribution in [0.4, 0.5) is 11.4 Å². The molecule has 2 rings (SSSR count). The summed E-state index contributed by atoms with van der Waals surface area (Å²) >= 11 is 6.03. The van der Waals surface area contributed by atoms with Gasteiger partial charge in [-0.15, -0.1) is 0 Å². The number of amides is 3. The number of benzene rings is 2. The van der Waals surface area contributed by atoms with E-state index in [0.717, 1.165) is 5.56 Å². The number of nitrogens with zero attached hydrogens (tertiary/aromatic N) is 2. The summed E-state index contributed by atoms with van der Waals surface area (Å²) in [5.41, 5.74) is 2.03. The lowest BCUT2D eigenvalue weighted by atomic mass is 10.2. The van der Waals surface area contributed by atoms with Crippen molar-refractivity contribution in [3.8, 4) is 5.75 Å². The van der Waals surface area contributed by atoms with Gasteiger partial charge in [-0.05, 0) is 36.8 Å². The van der Waals surface area contributed by atoms with Crippen molar-refractivity contribution in [2.75, 3.05) is 51.5 Å². The highest BCUT2D eigenvalue weighted by Crippen LogP contribution is 2.25. The van der Waals surface area contributed by atoms with Crippen molar-refractivity contribution in [1.29, 1.82) is 0 Å². The molecule has 0 unspecified atom stereocenters. The van der Waals surface area contributed by atoms with Crippen molar-refractivity contribution in [3.63, 3.8) is 0 Å². The van der Waals surface area contributed by atoms with Gasteiger partial charge in [0.25, 0.3) is 5.91 Å². The quantitative estimate of drug-likeness (QED) is 0.618. The Balaban J connectivity index is 1.91. The molecule has 2 N–H and O–H groups in total. The molecule has 2 aromatic rings. The number of rotatable bonds is 9. The molecular weight excluding hydrogens is 420 g/mol. The summed E-state index contributed by atoms with van der Waals surface area (Å²) < 4.78 is 5.62. The van der Waals surface area contributed by atoms with Gasteiger partial charge >= 0.3 is 0 Å². The minimum atomic E-state index is -0.356. The second-order valence-electron chi connectivity index (χ2n) is 7.21. The van der Waals surface area contributed by atoms with E-state index in [1.54, 1.807) is 57.5 Å². The Hall–Kier alpha value is -3.26. The Kier molecular flexibility index (Phi) is 8.69. The third kappa shape index (κ3) is 7.49. The average Bonchev–Trinajstić information content (AvgIpc) is 2.72. The van der Waals surface area contributed by atoms with E-state index in [1.165, 1.54) is 9.80 Å². The molecule has 0 bridgehead atoms. The van der Waals surface area contributed by atoms with Crippen LogP contribution in [0.2, 0.25) is 5.02 Å². The Labute approximate surface area is 187 Å². The number of ether oxygens (including phenoxy) is 1. The first-order chi connectivity index (χ1) is 14.7. The molecular formula is C22H27ClN4O4. The SMILES string of the molecule is Cc1ccc(NCC(=O)N(C)CC(=O)Nc2ccccc2Cl)c(OCC(=O)N(C)C)c1. The lowest BCUT2D eigenvalue weighted by molar-refractivity contribution is -0.131. The zero-order chi connectivity index (χ0) is 23.0. The minimum Gasteiger partial charge on any atom is -0.482 e. The van der Waals surface area contributed by atoms with Crippen molar-refractivity contribution >= 4 is 40.7 Å². The number of para-hydroxylation sites is 1. The second-order valence-corrected chi connectivity index (χ2v) is 7.62. The zero-order valence-corrected chi connectivity index (χ0v) is 18.8. The fraction of sp³-hybridized carbons (Fsp3) is 0.318. The van der Waals surface area contributed by atoms with Crippen LogP contribution in [-0.2, 0) is 14.4 Å². The third-order valence-corrected chi connectivity index (χ3v) is 4.70. The summed E-state index contributed by atoms with van der Waals surface area (Å²) in [7, 11) is 4.84.